The molecule has 2 aliphatic heterocycles. The van der Waals surface area contributed by atoms with Gasteiger partial charge in [0.15, 0.2) is 0 Å². The van der Waals surface area contributed by atoms with E-state index >= 15 is 0 Å². The summed E-state index contributed by atoms with van der Waals surface area (Å²) in [5.74, 6) is -1.32. The number of thioether (sulfide) groups is 1. The predicted octanol–water partition coefficient (Wildman–Crippen LogP) is 1.69. The Morgan fingerprint density at radius 2 is 1.97 bits per heavy atom. The average molecular weight is 507 g/mol. The van der Waals surface area contributed by atoms with Crippen LogP contribution in [0.3, 0.4) is 0 Å². The fraction of sp³-hybridized carbons (Fsp3) is 0.455. The molecule has 2 N–H and O–H groups in total. The Kier molecular flexibility index (Phi) is 8.33. The molecule has 13 heteroatoms. The van der Waals surface area contributed by atoms with E-state index in [2.05, 4.69) is 10.6 Å². The van der Waals surface area contributed by atoms with Crippen LogP contribution >= 0.6 is 11.8 Å². The second-order valence-electron chi connectivity index (χ2n) is 7.97. The van der Waals surface area contributed by atoms with Crippen molar-refractivity contribution in [3.8, 4) is 0 Å². The van der Waals surface area contributed by atoms with Crippen LogP contribution in [0.1, 0.15) is 25.8 Å². The largest absolute Gasteiger partial charge is 0.456 e. The Morgan fingerprint density at radius 3 is 2.57 bits per heavy atom. The number of benzene rings is 1. The maximum absolute atomic E-state index is 13.0. The average Bonchev–Trinajstić information content (AvgIpc) is 3.14. The number of nitrogens with one attached hydrogen (secondary N) is 2. The number of amides is 3. The molecule has 0 spiro atoms. The van der Waals surface area contributed by atoms with Crippen LogP contribution in [0.2, 0.25) is 0 Å². The van der Waals surface area contributed by atoms with E-state index in [0.29, 0.717) is 29.2 Å². The SMILES string of the molecule is CNC(=O)O[C@@H](C)[C@H]1C(=O)N2C(C(=O)OCc3ccc([N+](=O)[O-])cc3)=C(SCCNC(C)=O)C[C@H]12. The summed E-state index contributed by atoms with van der Waals surface area (Å²) in [6, 6.07) is 5.25. The first-order chi connectivity index (χ1) is 16.6. The van der Waals surface area contributed by atoms with E-state index in [1.807, 2.05) is 0 Å². The fourth-order valence-electron chi connectivity index (χ4n) is 3.97. The van der Waals surface area contributed by atoms with E-state index in [9.17, 15) is 29.3 Å². The number of hydrogen-bond acceptors (Lipinski definition) is 9. The lowest BCUT2D eigenvalue weighted by Gasteiger charge is -2.45. The van der Waals surface area contributed by atoms with Crippen molar-refractivity contribution in [3.63, 3.8) is 0 Å². The zero-order valence-electron chi connectivity index (χ0n) is 19.4. The molecule has 1 saturated heterocycles. The number of carbonyl (C=O) groups excluding carboxylic acids is 4. The van der Waals surface area contributed by atoms with Crippen LogP contribution in [0.15, 0.2) is 34.9 Å². The number of carbonyl (C=O) groups is 4. The minimum absolute atomic E-state index is 0.0791. The summed E-state index contributed by atoms with van der Waals surface area (Å²) in [5.41, 5.74) is 0.613. The third-order valence-electron chi connectivity index (χ3n) is 5.63. The fourth-order valence-corrected chi connectivity index (χ4v) is 5.03. The number of alkyl carbamates (subject to hydrolysis) is 1. The summed E-state index contributed by atoms with van der Waals surface area (Å²) in [4.78, 5) is 61.0. The summed E-state index contributed by atoms with van der Waals surface area (Å²) < 4.78 is 10.7. The molecule has 2 heterocycles. The molecular weight excluding hydrogens is 480 g/mol. The molecule has 3 atom stereocenters. The number of ether oxygens (including phenoxy) is 2. The van der Waals surface area contributed by atoms with Gasteiger partial charge in [0.25, 0.3) is 5.69 Å². The molecule has 0 unspecified atom stereocenters. The Hall–Kier alpha value is -3.61. The van der Waals surface area contributed by atoms with Gasteiger partial charge in [-0.25, -0.2) is 9.59 Å². The first-order valence-corrected chi connectivity index (χ1v) is 11.8. The van der Waals surface area contributed by atoms with Crippen LogP contribution in [-0.2, 0) is 30.5 Å². The molecule has 3 amide bonds. The Morgan fingerprint density at radius 1 is 1.29 bits per heavy atom. The highest BCUT2D eigenvalue weighted by Gasteiger charge is 2.58. The van der Waals surface area contributed by atoms with E-state index in [-0.39, 0.29) is 35.8 Å². The number of fused-ring (bicyclic) bond motifs is 1. The quantitative estimate of drug-likeness (QED) is 0.158. The lowest BCUT2D eigenvalue weighted by Crippen LogP contribution is -2.62. The highest BCUT2D eigenvalue weighted by atomic mass is 32.2. The van der Waals surface area contributed by atoms with Gasteiger partial charge in [-0.2, -0.15) is 0 Å². The van der Waals surface area contributed by atoms with Crippen LogP contribution in [0, 0.1) is 16.0 Å². The maximum Gasteiger partial charge on any atom is 0.407 e. The van der Waals surface area contributed by atoms with E-state index in [1.165, 1.54) is 54.9 Å². The van der Waals surface area contributed by atoms with Gasteiger partial charge in [0.2, 0.25) is 11.8 Å². The van der Waals surface area contributed by atoms with Crippen molar-refractivity contribution in [1.82, 2.24) is 15.5 Å². The van der Waals surface area contributed by atoms with E-state index in [1.54, 1.807) is 6.92 Å². The van der Waals surface area contributed by atoms with Crippen molar-refractivity contribution in [2.75, 3.05) is 19.3 Å². The standard InChI is InChI=1S/C22H26N4O8S/c1-12(34-22(30)23-3)18-16-10-17(35-9-8-24-13(2)27)19(25(16)20(18)28)21(29)33-11-14-4-6-15(7-5-14)26(31)32/h4-7,12,16,18H,8-11H2,1-3H3,(H,23,30)(H,24,27)/t12-,16+,18+/m0/s1. The summed E-state index contributed by atoms with van der Waals surface area (Å²) in [7, 11) is 1.42. The molecule has 188 valence electrons. The third kappa shape index (κ3) is 5.91. The van der Waals surface area contributed by atoms with Crippen LogP contribution in [0.4, 0.5) is 10.5 Å². The van der Waals surface area contributed by atoms with Crippen molar-refractivity contribution in [1.29, 1.82) is 0 Å². The lowest BCUT2D eigenvalue weighted by molar-refractivity contribution is -0.384. The zero-order valence-corrected chi connectivity index (χ0v) is 20.3. The van der Waals surface area contributed by atoms with E-state index in [4.69, 9.17) is 9.47 Å². The molecule has 0 aromatic heterocycles. The molecule has 0 saturated carbocycles. The third-order valence-corrected chi connectivity index (χ3v) is 6.75. The Balaban J connectivity index is 1.72. The summed E-state index contributed by atoms with van der Waals surface area (Å²) >= 11 is 1.35. The number of nitro groups is 1. The highest BCUT2D eigenvalue weighted by molar-refractivity contribution is 8.03. The second kappa shape index (κ2) is 11.2. The molecule has 1 fully saturated rings. The normalized spacial score (nSPS) is 19.4. The van der Waals surface area contributed by atoms with E-state index in [0.717, 1.165) is 0 Å². The topological polar surface area (TPSA) is 157 Å². The smallest absolute Gasteiger partial charge is 0.407 e. The van der Waals surface area contributed by atoms with Gasteiger partial charge in [0.05, 0.1) is 16.9 Å². The Labute approximate surface area is 205 Å². The zero-order chi connectivity index (χ0) is 25.7. The number of non-ortho nitro benzene ring substituents is 1. The van der Waals surface area contributed by atoms with Gasteiger partial charge in [-0.15, -0.1) is 11.8 Å². The molecule has 0 bridgehead atoms. The van der Waals surface area contributed by atoms with Crippen molar-refractivity contribution >= 4 is 41.3 Å². The van der Waals surface area contributed by atoms with Crippen molar-refractivity contribution in [2.24, 2.45) is 5.92 Å². The number of rotatable bonds is 10. The number of β-lactam (4-membered cyclic amide) rings is 1. The molecule has 1 aromatic rings. The van der Waals surface area contributed by atoms with Crippen molar-refractivity contribution in [2.45, 2.75) is 39.0 Å². The van der Waals surface area contributed by atoms with Gasteiger partial charge in [-0.3, -0.25) is 19.7 Å². The first kappa shape index (κ1) is 26.0. The highest BCUT2D eigenvalue weighted by Crippen LogP contribution is 2.47. The van der Waals surface area contributed by atoms with Crippen LogP contribution in [-0.4, -0.2) is 65.2 Å². The molecule has 2 aliphatic rings. The molecule has 3 rings (SSSR count). The summed E-state index contributed by atoms with van der Waals surface area (Å²) in [6.07, 6.45) is -0.947. The number of esters is 1. The minimum atomic E-state index is -0.695. The molecular formula is C22H26N4O8S. The molecule has 0 radical (unpaired) electrons. The van der Waals surface area contributed by atoms with Crippen molar-refractivity contribution < 1.29 is 33.6 Å². The van der Waals surface area contributed by atoms with Gasteiger partial charge in [-0.1, -0.05) is 0 Å². The molecule has 35 heavy (non-hydrogen) atoms. The van der Waals surface area contributed by atoms with Gasteiger partial charge >= 0.3 is 12.1 Å². The van der Waals surface area contributed by atoms with Crippen LogP contribution in [0.5, 0.6) is 0 Å². The van der Waals surface area contributed by atoms with Gasteiger partial charge < -0.3 is 25.0 Å². The number of nitrogens with zero attached hydrogens (tertiary/aromatic N) is 2. The predicted molar refractivity (Wildman–Crippen MR) is 125 cm³/mol. The molecule has 0 aliphatic carbocycles. The van der Waals surface area contributed by atoms with Gasteiger partial charge in [0, 0.05) is 49.7 Å². The first-order valence-electron chi connectivity index (χ1n) is 10.9. The second-order valence-corrected chi connectivity index (χ2v) is 9.16. The van der Waals surface area contributed by atoms with E-state index < -0.39 is 29.0 Å². The minimum Gasteiger partial charge on any atom is -0.456 e. The monoisotopic (exact) mass is 506 g/mol. The molecule has 12 nitrogen and oxygen atoms in total. The van der Waals surface area contributed by atoms with Gasteiger partial charge in [0.1, 0.15) is 18.4 Å². The lowest BCUT2D eigenvalue weighted by atomic mass is 9.83. The summed E-state index contributed by atoms with van der Waals surface area (Å²) in [6.45, 7) is 3.29. The van der Waals surface area contributed by atoms with Crippen LogP contribution < -0.4 is 10.6 Å². The maximum atomic E-state index is 13.0. The van der Waals surface area contributed by atoms with Gasteiger partial charge in [-0.05, 0) is 24.6 Å². The van der Waals surface area contributed by atoms with Crippen molar-refractivity contribution in [3.05, 3.63) is 50.5 Å². The Bertz CT molecular complexity index is 1060. The molecule has 1 aromatic carbocycles. The number of nitro benzene ring substituents is 1. The summed E-state index contributed by atoms with van der Waals surface area (Å²) in [5, 5.41) is 15.8. The van der Waals surface area contributed by atoms with Crippen LogP contribution in [0.25, 0.3) is 0 Å². The number of hydrogen-bond donors (Lipinski definition) is 2.